The van der Waals surface area contributed by atoms with E-state index >= 15 is 0 Å². The van der Waals surface area contributed by atoms with Gasteiger partial charge in [0.2, 0.25) is 5.91 Å². The third kappa shape index (κ3) is 2.73. The van der Waals surface area contributed by atoms with E-state index in [1.165, 1.54) is 0 Å². The van der Waals surface area contributed by atoms with Crippen LogP contribution >= 0.6 is 15.9 Å². The van der Waals surface area contributed by atoms with E-state index in [-0.39, 0.29) is 16.5 Å². The van der Waals surface area contributed by atoms with Crippen molar-refractivity contribution >= 4 is 27.5 Å². The Morgan fingerprint density at radius 2 is 2.21 bits per heavy atom. The van der Waals surface area contributed by atoms with E-state index in [4.69, 9.17) is 0 Å². The third-order valence-electron chi connectivity index (χ3n) is 1.83. The molecule has 1 rings (SSSR count). The number of carbonyl (C=O) groups is 1. The van der Waals surface area contributed by atoms with Crippen LogP contribution < -0.4 is 5.32 Å². The second kappa shape index (κ2) is 4.46. The van der Waals surface area contributed by atoms with Gasteiger partial charge in [0.15, 0.2) is 0 Å². The highest BCUT2D eigenvalue weighted by molar-refractivity contribution is 9.10. The molecule has 3 nitrogen and oxygen atoms in total. The highest BCUT2D eigenvalue weighted by Crippen LogP contribution is 2.20. The van der Waals surface area contributed by atoms with Gasteiger partial charge in [0.1, 0.15) is 5.75 Å². The summed E-state index contributed by atoms with van der Waals surface area (Å²) in [6, 6.07) is 4.95. The number of anilines is 1. The lowest BCUT2D eigenvalue weighted by atomic mass is 10.2. The molecule has 76 valence electrons. The number of aromatic hydroxyl groups is 1. The van der Waals surface area contributed by atoms with Gasteiger partial charge >= 0.3 is 0 Å². The van der Waals surface area contributed by atoms with Crippen molar-refractivity contribution in [2.75, 3.05) is 5.32 Å². The fourth-order valence-corrected chi connectivity index (χ4v) is 1.09. The molecule has 0 heterocycles. The summed E-state index contributed by atoms with van der Waals surface area (Å²) in [5, 5.41) is 12.0. The second-order valence-electron chi connectivity index (χ2n) is 3.11. The molecular formula is C10H12BrNO2. The molecule has 0 radical (unpaired) electrons. The van der Waals surface area contributed by atoms with Crippen molar-refractivity contribution < 1.29 is 9.90 Å². The number of halogens is 1. The molecule has 4 heteroatoms. The van der Waals surface area contributed by atoms with Gasteiger partial charge in [-0.2, -0.15) is 0 Å². The van der Waals surface area contributed by atoms with Crippen molar-refractivity contribution in [1.29, 1.82) is 0 Å². The van der Waals surface area contributed by atoms with E-state index < -0.39 is 0 Å². The van der Waals surface area contributed by atoms with Gasteiger partial charge in [-0.1, -0.05) is 15.9 Å². The summed E-state index contributed by atoms with van der Waals surface area (Å²) in [6.45, 7) is 3.53. The fourth-order valence-electron chi connectivity index (χ4n) is 0.975. The number of nitrogens with one attached hydrogen (secondary N) is 1. The summed E-state index contributed by atoms with van der Waals surface area (Å²) in [7, 11) is 0. The Hall–Kier alpha value is -1.03. The van der Waals surface area contributed by atoms with Crippen molar-refractivity contribution in [3.63, 3.8) is 0 Å². The predicted molar refractivity (Wildman–Crippen MR) is 59.9 cm³/mol. The molecule has 0 saturated heterocycles. The molecule has 0 aliphatic heterocycles. The summed E-state index contributed by atoms with van der Waals surface area (Å²) in [5.41, 5.74) is 1.43. The molecule has 2 N–H and O–H groups in total. The Labute approximate surface area is 91.3 Å². The van der Waals surface area contributed by atoms with Crippen molar-refractivity contribution in [3.05, 3.63) is 23.8 Å². The zero-order valence-electron chi connectivity index (χ0n) is 8.04. The Balaban J connectivity index is 2.78. The maximum absolute atomic E-state index is 11.3. The molecule has 0 fully saturated rings. The van der Waals surface area contributed by atoms with E-state index in [0.717, 1.165) is 5.56 Å². The topological polar surface area (TPSA) is 49.3 Å². The normalized spacial score (nSPS) is 12.2. The van der Waals surface area contributed by atoms with Gasteiger partial charge in [-0.15, -0.1) is 0 Å². The van der Waals surface area contributed by atoms with E-state index in [0.29, 0.717) is 5.69 Å². The molecule has 14 heavy (non-hydrogen) atoms. The Morgan fingerprint density at radius 1 is 1.57 bits per heavy atom. The van der Waals surface area contributed by atoms with Crippen molar-refractivity contribution in [1.82, 2.24) is 0 Å². The quantitative estimate of drug-likeness (QED) is 0.632. The number of rotatable bonds is 2. The number of aryl methyl sites for hydroxylation is 1. The highest BCUT2D eigenvalue weighted by atomic mass is 79.9. The molecule has 1 aromatic rings. The van der Waals surface area contributed by atoms with Crippen LogP contribution in [-0.4, -0.2) is 15.8 Å². The predicted octanol–water partition coefficient (Wildman–Crippen LogP) is 2.42. The van der Waals surface area contributed by atoms with Crippen molar-refractivity contribution in [2.45, 2.75) is 18.7 Å². The highest BCUT2D eigenvalue weighted by Gasteiger charge is 2.08. The Kier molecular flexibility index (Phi) is 3.52. The fraction of sp³-hybridized carbons (Fsp3) is 0.300. The summed E-state index contributed by atoms with van der Waals surface area (Å²) in [5.74, 6) is 0.130. The van der Waals surface area contributed by atoms with Crippen LogP contribution in [0.3, 0.4) is 0 Å². The molecule has 0 aromatic heterocycles. The van der Waals surface area contributed by atoms with Gasteiger partial charge in [-0.25, -0.2) is 0 Å². The zero-order chi connectivity index (χ0) is 10.7. The van der Waals surface area contributed by atoms with E-state index in [1.54, 1.807) is 32.0 Å². The lowest BCUT2D eigenvalue weighted by molar-refractivity contribution is -0.115. The smallest absolute Gasteiger partial charge is 0.237 e. The first kappa shape index (κ1) is 11.0. The molecule has 0 aliphatic carbocycles. The van der Waals surface area contributed by atoms with Crippen LogP contribution in [0.5, 0.6) is 5.75 Å². The average Bonchev–Trinajstić information content (AvgIpc) is 2.11. The van der Waals surface area contributed by atoms with Crippen LogP contribution in [0.25, 0.3) is 0 Å². The maximum Gasteiger partial charge on any atom is 0.237 e. The minimum atomic E-state index is -0.225. The van der Waals surface area contributed by atoms with E-state index in [2.05, 4.69) is 21.2 Å². The molecule has 1 amide bonds. The number of carbonyl (C=O) groups excluding carboxylic acids is 1. The second-order valence-corrected chi connectivity index (χ2v) is 4.48. The summed E-state index contributed by atoms with van der Waals surface area (Å²) in [4.78, 5) is 11.1. The number of phenols is 1. The molecule has 1 aromatic carbocycles. The van der Waals surface area contributed by atoms with Gasteiger partial charge in [0, 0.05) is 5.69 Å². The first-order chi connectivity index (χ1) is 6.50. The summed E-state index contributed by atoms with van der Waals surface area (Å²) < 4.78 is 0. The molecule has 0 spiro atoms. The van der Waals surface area contributed by atoms with E-state index in [1.807, 2.05) is 0 Å². The van der Waals surface area contributed by atoms with Gasteiger partial charge < -0.3 is 10.4 Å². The number of hydrogen-bond acceptors (Lipinski definition) is 2. The van der Waals surface area contributed by atoms with Gasteiger partial charge in [0.05, 0.1) is 4.83 Å². The maximum atomic E-state index is 11.3. The van der Waals surface area contributed by atoms with Crippen LogP contribution in [0.2, 0.25) is 0 Å². The Morgan fingerprint density at radius 3 is 2.71 bits per heavy atom. The largest absolute Gasteiger partial charge is 0.508 e. The van der Waals surface area contributed by atoms with Gasteiger partial charge in [0.25, 0.3) is 0 Å². The molecule has 1 atom stereocenters. The molecule has 0 saturated carbocycles. The first-order valence-electron chi connectivity index (χ1n) is 4.25. The van der Waals surface area contributed by atoms with Crippen LogP contribution in [0.1, 0.15) is 12.5 Å². The average molecular weight is 258 g/mol. The standard InChI is InChI=1S/C10H12BrNO2/c1-6-5-8(3-4-9(6)13)12-10(14)7(2)11/h3-5,7,13H,1-2H3,(H,12,14). The minimum absolute atomic E-state index is 0.102. The van der Waals surface area contributed by atoms with E-state index in [9.17, 15) is 9.90 Å². The monoisotopic (exact) mass is 257 g/mol. The zero-order valence-corrected chi connectivity index (χ0v) is 9.63. The van der Waals surface area contributed by atoms with Gasteiger partial charge in [-0.3, -0.25) is 4.79 Å². The number of benzene rings is 1. The third-order valence-corrected chi connectivity index (χ3v) is 2.24. The molecule has 0 bridgehead atoms. The number of alkyl halides is 1. The number of hydrogen-bond donors (Lipinski definition) is 2. The SMILES string of the molecule is Cc1cc(NC(=O)C(C)Br)ccc1O. The number of amides is 1. The van der Waals surface area contributed by atoms with Crippen LogP contribution in [0, 0.1) is 6.92 Å². The minimum Gasteiger partial charge on any atom is -0.508 e. The molecule has 0 aliphatic rings. The van der Waals surface area contributed by atoms with Crippen LogP contribution in [0.15, 0.2) is 18.2 Å². The molecular weight excluding hydrogens is 246 g/mol. The number of phenolic OH excluding ortho intramolecular Hbond substituents is 1. The lowest BCUT2D eigenvalue weighted by Crippen LogP contribution is -2.19. The van der Waals surface area contributed by atoms with Crippen molar-refractivity contribution in [3.8, 4) is 5.75 Å². The molecule has 1 unspecified atom stereocenters. The van der Waals surface area contributed by atoms with Gasteiger partial charge in [-0.05, 0) is 37.6 Å². The summed E-state index contributed by atoms with van der Waals surface area (Å²) in [6.07, 6.45) is 0. The van der Waals surface area contributed by atoms with Crippen LogP contribution in [-0.2, 0) is 4.79 Å². The first-order valence-corrected chi connectivity index (χ1v) is 5.17. The lowest BCUT2D eigenvalue weighted by Gasteiger charge is -2.07. The van der Waals surface area contributed by atoms with Crippen LogP contribution in [0.4, 0.5) is 5.69 Å². The van der Waals surface area contributed by atoms with Crippen molar-refractivity contribution in [2.24, 2.45) is 0 Å². The Bertz CT molecular complexity index is 350. The summed E-state index contributed by atoms with van der Waals surface area (Å²) >= 11 is 3.17.